The van der Waals surface area contributed by atoms with Crippen LogP contribution in [0, 0.1) is 5.92 Å². The normalized spacial score (nSPS) is 18.0. The molecule has 0 saturated heterocycles. The molecule has 2 rings (SSSR count). The Kier molecular flexibility index (Phi) is 10.8. The fraction of sp³-hybridized carbons (Fsp3) is 0.467. The molecular formula is C15H21NaO5. The Balaban J connectivity index is 0. The number of carboxylic acids is 1. The van der Waals surface area contributed by atoms with Gasteiger partial charge in [-0.05, 0) is 30.4 Å². The van der Waals surface area contributed by atoms with E-state index < -0.39 is 11.9 Å². The van der Waals surface area contributed by atoms with Crippen LogP contribution in [-0.2, 0) is 16.0 Å². The van der Waals surface area contributed by atoms with E-state index in [1.54, 1.807) is 6.92 Å². The van der Waals surface area contributed by atoms with Crippen molar-refractivity contribution < 1.29 is 55.2 Å². The van der Waals surface area contributed by atoms with Gasteiger partial charge in [0.15, 0.2) is 0 Å². The van der Waals surface area contributed by atoms with Crippen LogP contribution in [-0.4, -0.2) is 22.7 Å². The summed E-state index contributed by atoms with van der Waals surface area (Å²) >= 11 is 0. The van der Waals surface area contributed by atoms with Crippen molar-refractivity contribution in [3.8, 4) is 0 Å². The average molecular weight is 304 g/mol. The number of Topliss-reactive ketones (excluding diaryl/α,β-unsaturated/α-hetero) is 1. The number of aliphatic carboxylic acids is 1. The molecule has 1 aliphatic carbocycles. The maximum Gasteiger partial charge on any atom is 1.00 e. The molecule has 1 saturated carbocycles. The standard InChI is InChI=1S/C15H18O3.Na.2H2O/c1-10(15(17)18)12-7-5-11(6-8-12)9-13-3-2-4-14(13)16;;;/h5-8,10,13H,2-4,9H2,1H3,(H,17,18);;2*1H2/q;+1;;/p-1. The fourth-order valence-corrected chi connectivity index (χ4v) is 2.47. The Morgan fingerprint density at radius 1 is 1.29 bits per heavy atom. The molecule has 0 aromatic heterocycles. The van der Waals surface area contributed by atoms with E-state index in [9.17, 15) is 14.7 Å². The van der Waals surface area contributed by atoms with E-state index in [-0.39, 0.29) is 46.4 Å². The van der Waals surface area contributed by atoms with Crippen molar-refractivity contribution in [2.75, 3.05) is 0 Å². The van der Waals surface area contributed by atoms with Crippen LogP contribution in [0.5, 0.6) is 0 Å². The Morgan fingerprint density at radius 2 is 1.86 bits per heavy atom. The molecule has 1 fully saturated rings. The van der Waals surface area contributed by atoms with Crippen molar-refractivity contribution in [1.29, 1.82) is 0 Å². The zero-order chi connectivity index (χ0) is 13.1. The van der Waals surface area contributed by atoms with Crippen LogP contribution < -0.4 is 34.7 Å². The molecule has 5 nitrogen and oxygen atoms in total. The number of hydrogen-bond donors (Lipinski definition) is 0. The third-order valence-corrected chi connectivity index (χ3v) is 3.75. The molecule has 0 bridgehead atoms. The maximum absolute atomic E-state index is 11.6. The van der Waals surface area contributed by atoms with E-state index in [1.165, 1.54) is 0 Å². The third-order valence-electron chi connectivity index (χ3n) is 3.75. The summed E-state index contributed by atoms with van der Waals surface area (Å²) in [4.78, 5) is 22.3. The van der Waals surface area contributed by atoms with Gasteiger partial charge in [0.05, 0.1) is 0 Å². The number of benzene rings is 1. The number of carboxylic acid groups (broad SMARTS) is 1. The van der Waals surface area contributed by atoms with Gasteiger partial charge in [0.25, 0.3) is 0 Å². The largest absolute Gasteiger partial charge is 1.00 e. The van der Waals surface area contributed by atoms with Crippen LogP contribution in [0.2, 0.25) is 0 Å². The van der Waals surface area contributed by atoms with Crippen LogP contribution in [0.3, 0.4) is 0 Å². The molecule has 0 spiro atoms. The van der Waals surface area contributed by atoms with Gasteiger partial charge in [0.1, 0.15) is 5.78 Å². The minimum Gasteiger partial charge on any atom is -0.550 e. The number of ketones is 1. The molecule has 2 unspecified atom stereocenters. The van der Waals surface area contributed by atoms with Gasteiger partial charge in [-0.3, -0.25) is 4.79 Å². The Labute approximate surface area is 146 Å². The first-order valence-electron chi connectivity index (χ1n) is 6.40. The van der Waals surface area contributed by atoms with E-state index in [4.69, 9.17) is 0 Å². The number of carbonyl (C=O) groups excluding carboxylic acids is 2. The molecule has 112 valence electrons. The number of hydrogen-bond acceptors (Lipinski definition) is 3. The molecule has 0 amide bonds. The van der Waals surface area contributed by atoms with Crippen molar-refractivity contribution >= 4 is 11.8 Å². The van der Waals surface area contributed by atoms with Crippen molar-refractivity contribution in [3.63, 3.8) is 0 Å². The molecule has 4 N–H and O–H groups in total. The van der Waals surface area contributed by atoms with Crippen LogP contribution in [0.4, 0.5) is 0 Å². The molecular weight excluding hydrogens is 283 g/mol. The van der Waals surface area contributed by atoms with E-state index in [0.29, 0.717) is 12.2 Å². The van der Waals surface area contributed by atoms with E-state index >= 15 is 0 Å². The summed E-state index contributed by atoms with van der Waals surface area (Å²) in [5.74, 6) is -1.13. The van der Waals surface area contributed by atoms with Crippen molar-refractivity contribution in [2.45, 2.75) is 38.5 Å². The summed E-state index contributed by atoms with van der Waals surface area (Å²) in [6.45, 7) is 1.62. The second-order valence-electron chi connectivity index (χ2n) is 5.04. The van der Waals surface area contributed by atoms with Gasteiger partial charge in [0.2, 0.25) is 0 Å². The predicted octanol–water partition coefficient (Wildman–Crippen LogP) is -3.19. The van der Waals surface area contributed by atoms with Gasteiger partial charge >= 0.3 is 29.6 Å². The second-order valence-corrected chi connectivity index (χ2v) is 5.04. The molecule has 21 heavy (non-hydrogen) atoms. The topological polar surface area (TPSA) is 120 Å². The monoisotopic (exact) mass is 304 g/mol. The summed E-state index contributed by atoms with van der Waals surface area (Å²) in [6, 6.07) is 7.46. The third kappa shape index (κ3) is 5.88. The first-order valence-corrected chi connectivity index (χ1v) is 6.40. The summed E-state index contributed by atoms with van der Waals surface area (Å²) in [7, 11) is 0. The van der Waals surface area contributed by atoms with Gasteiger partial charge < -0.3 is 20.9 Å². The Hall–Kier alpha value is -0.720. The van der Waals surface area contributed by atoms with E-state index in [1.807, 2.05) is 24.3 Å². The zero-order valence-corrected chi connectivity index (χ0v) is 14.5. The minimum absolute atomic E-state index is 0. The van der Waals surface area contributed by atoms with Crippen LogP contribution in [0.1, 0.15) is 43.2 Å². The van der Waals surface area contributed by atoms with E-state index in [2.05, 4.69) is 0 Å². The number of rotatable bonds is 4. The van der Waals surface area contributed by atoms with Crippen LogP contribution in [0.15, 0.2) is 24.3 Å². The van der Waals surface area contributed by atoms with Gasteiger partial charge in [-0.25, -0.2) is 0 Å². The Bertz CT molecular complexity index is 458. The second kappa shape index (κ2) is 10.1. The summed E-state index contributed by atoms with van der Waals surface area (Å²) < 4.78 is 0. The van der Waals surface area contributed by atoms with Crippen molar-refractivity contribution in [1.82, 2.24) is 0 Å². The Morgan fingerprint density at radius 3 is 2.29 bits per heavy atom. The molecule has 1 aromatic carbocycles. The van der Waals surface area contributed by atoms with Crippen LogP contribution >= 0.6 is 0 Å². The quantitative estimate of drug-likeness (QED) is 0.545. The minimum atomic E-state index is -1.06. The molecule has 0 heterocycles. The van der Waals surface area contributed by atoms with Crippen LogP contribution in [0.25, 0.3) is 0 Å². The fourth-order valence-electron chi connectivity index (χ4n) is 2.47. The smallest absolute Gasteiger partial charge is 0.550 e. The summed E-state index contributed by atoms with van der Waals surface area (Å²) in [5.41, 5.74) is 1.85. The predicted molar refractivity (Wildman–Crippen MR) is 73.1 cm³/mol. The summed E-state index contributed by atoms with van der Waals surface area (Å²) in [6.07, 6.45) is 3.47. The van der Waals surface area contributed by atoms with Gasteiger partial charge in [-0.2, -0.15) is 0 Å². The van der Waals surface area contributed by atoms with Crippen molar-refractivity contribution in [2.24, 2.45) is 5.92 Å². The average Bonchev–Trinajstić information content (AvgIpc) is 2.75. The van der Waals surface area contributed by atoms with Gasteiger partial charge in [-0.15, -0.1) is 0 Å². The van der Waals surface area contributed by atoms with Gasteiger partial charge in [-0.1, -0.05) is 31.2 Å². The molecule has 6 heteroatoms. The zero-order valence-electron chi connectivity index (χ0n) is 12.5. The molecule has 2 atom stereocenters. The molecule has 0 radical (unpaired) electrons. The van der Waals surface area contributed by atoms with E-state index in [0.717, 1.165) is 30.4 Å². The number of carbonyl (C=O) groups is 2. The maximum atomic E-state index is 11.6. The van der Waals surface area contributed by atoms with Gasteiger partial charge in [0, 0.05) is 24.2 Å². The van der Waals surface area contributed by atoms with Crippen molar-refractivity contribution in [3.05, 3.63) is 35.4 Å². The first-order chi connectivity index (χ1) is 8.58. The summed E-state index contributed by atoms with van der Waals surface area (Å²) in [5, 5.41) is 10.8. The SMILES string of the molecule is CC(C(=O)[O-])c1ccc(CC2CCCC2=O)cc1.O.O.[Na+]. The molecule has 1 aliphatic rings. The molecule has 0 aliphatic heterocycles. The molecule has 1 aromatic rings. The first kappa shape index (κ1) is 22.6.